The second-order valence-electron chi connectivity index (χ2n) is 14.5. The molecule has 4 aliphatic heterocycles. The average Bonchev–Trinajstić information content (AvgIpc) is 3.25. The molecule has 7 rings (SSSR count). The number of methoxy groups -OCH3 is 2. The molecule has 44 heavy (non-hydrogen) atoms. The van der Waals surface area contributed by atoms with Crippen molar-refractivity contribution in [2.24, 2.45) is 11.8 Å². The molecule has 4 heterocycles. The number of hydrogen-bond acceptors (Lipinski definition) is 8. The first kappa shape index (κ1) is 30.1. The van der Waals surface area contributed by atoms with Crippen molar-refractivity contribution in [1.29, 1.82) is 0 Å². The maximum atomic E-state index is 12.8. The van der Waals surface area contributed by atoms with Crippen LogP contribution in [-0.4, -0.2) is 86.3 Å². The van der Waals surface area contributed by atoms with E-state index in [-0.39, 0.29) is 18.5 Å². The van der Waals surface area contributed by atoms with Crippen molar-refractivity contribution in [3.05, 3.63) is 35.7 Å². The van der Waals surface area contributed by atoms with Crippen LogP contribution in [0.1, 0.15) is 89.9 Å². The standard InChI is InChI=1S/C36H52N4O4/c1-43-34(41)23-37-16-8-11-27(22-37)36-38(24-35(42)44-2)32-14-5-6-15-33(32)40(36)31-20-28-12-7-13-29(21-31)39(28)30-18-25-9-3-4-10-26(17-25)19-30/h5-6,14-15,25-26,28-31H,3-4,7-13,16-24H2,1-2H3/t25-,26+,28-,29+,30?,31?. The molecule has 2 unspecified atom stereocenters. The number of anilines is 2. The van der Waals surface area contributed by atoms with Gasteiger partial charge < -0.3 is 19.3 Å². The van der Waals surface area contributed by atoms with E-state index in [0.717, 1.165) is 48.8 Å². The van der Waals surface area contributed by atoms with Gasteiger partial charge in [-0.15, -0.1) is 0 Å². The Morgan fingerprint density at radius 2 is 1.39 bits per heavy atom. The maximum Gasteiger partial charge on any atom is 0.325 e. The zero-order chi connectivity index (χ0) is 30.2. The van der Waals surface area contributed by atoms with Gasteiger partial charge in [-0.1, -0.05) is 44.2 Å². The van der Waals surface area contributed by atoms with Crippen LogP contribution in [0, 0.1) is 11.8 Å². The predicted molar refractivity (Wildman–Crippen MR) is 172 cm³/mol. The van der Waals surface area contributed by atoms with E-state index in [2.05, 4.69) is 43.9 Å². The first-order valence-corrected chi connectivity index (χ1v) is 17.5. The van der Waals surface area contributed by atoms with Crippen LogP contribution in [-0.2, 0) is 19.1 Å². The number of rotatable bonds is 6. The largest absolute Gasteiger partial charge is 0.468 e. The molecule has 2 aliphatic carbocycles. The van der Waals surface area contributed by atoms with Crippen molar-refractivity contribution in [2.75, 3.05) is 50.2 Å². The number of carbonyl (C=O) groups excluding carboxylic acids is 2. The summed E-state index contributed by atoms with van der Waals surface area (Å²) in [6.45, 7) is 2.07. The summed E-state index contributed by atoms with van der Waals surface area (Å²) in [6, 6.07) is 11.0. The smallest absolute Gasteiger partial charge is 0.325 e. The Kier molecular flexibility index (Phi) is 8.91. The van der Waals surface area contributed by atoms with Crippen LogP contribution in [0.5, 0.6) is 0 Å². The molecule has 5 fully saturated rings. The highest BCUT2D eigenvalue weighted by atomic mass is 16.5. The van der Waals surface area contributed by atoms with Crippen molar-refractivity contribution >= 4 is 23.3 Å². The van der Waals surface area contributed by atoms with Crippen molar-refractivity contribution in [1.82, 2.24) is 9.80 Å². The van der Waals surface area contributed by atoms with Crippen LogP contribution in [0.15, 0.2) is 35.7 Å². The minimum Gasteiger partial charge on any atom is -0.468 e. The van der Waals surface area contributed by atoms with Gasteiger partial charge in [-0.2, -0.15) is 0 Å². The van der Waals surface area contributed by atoms with Gasteiger partial charge in [0.25, 0.3) is 0 Å². The fourth-order valence-corrected chi connectivity index (χ4v) is 10.2. The number of nitrogens with zero attached hydrogens (tertiary/aromatic N) is 4. The van der Waals surface area contributed by atoms with Gasteiger partial charge in [0.15, 0.2) is 0 Å². The van der Waals surface area contributed by atoms with Gasteiger partial charge in [-0.05, 0) is 93.9 Å². The first-order chi connectivity index (χ1) is 21.5. The fourth-order valence-electron chi connectivity index (χ4n) is 10.2. The molecule has 3 saturated heterocycles. The second kappa shape index (κ2) is 13.0. The highest BCUT2D eigenvalue weighted by Gasteiger charge is 2.48. The van der Waals surface area contributed by atoms with Crippen LogP contribution in [0.4, 0.5) is 11.4 Å². The normalized spacial score (nSPS) is 34.3. The third-order valence-electron chi connectivity index (χ3n) is 11.8. The summed E-state index contributed by atoms with van der Waals surface area (Å²) in [5.74, 6) is 2.61. The summed E-state index contributed by atoms with van der Waals surface area (Å²) in [5.41, 5.74) is 3.61. The topological polar surface area (TPSA) is 65.6 Å². The Morgan fingerprint density at radius 1 is 0.727 bits per heavy atom. The SMILES string of the molecule is COC(=O)CN1CCCC(=C2N(CC(=O)OC)c3ccccc3N2C2C[C@H]3CCC[C@@H](C2)N3C2C[C@H]3CCCC[C@@H](C2)C3)C1. The third-order valence-corrected chi connectivity index (χ3v) is 11.8. The fraction of sp³-hybridized carbons (Fsp3) is 0.722. The molecule has 1 aromatic carbocycles. The monoisotopic (exact) mass is 604 g/mol. The lowest BCUT2D eigenvalue weighted by molar-refractivity contribution is -0.142. The van der Waals surface area contributed by atoms with E-state index in [0.29, 0.717) is 31.2 Å². The molecule has 4 bridgehead atoms. The second-order valence-corrected chi connectivity index (χ2v) is 14.5. The van der Waals surface area contributed by atoms with Crippen LogP contribution >= 0.6 is 0 Å². The number of likely N-dealkylation sites (tertiary alicyclic amines) is 1. The van der Waals surface area contributed by atoms with Crippen molar-refractivity contribution in [2.45, 2.75) is 114 Å². The van der Waals surface area contributed by atoms with E-state index in [4.69, 9.17) is 9.47 Å². The lowest BCUT2D eigenvalue weighted by atomic mass is 9.73. The van der Waals surface area contributed by atoms with Gasteiger partial charge in [0.1, 0.15) is 12.4 Å². The van der Waals surface area contributed by atoms with Crippen molar-refractivity contribution in [3.8, 4) is 0 Å². The molecule has 8 heteroatoms. The van der Waals surface area contributed by atoms with E-state index >= 15 is 0 Å². The van der Waals surface area contributed by atoms with E-state index in [1.807, 2.05) is 0 Å². The molecule has 6 aliphatic rings. The number of ether oxygens (including phenoxy) is 2. The van der Waals surface area contributed by atoms with E-state index in [1.165, 1.54) is 103 Å². The Labute approximate surface area is 263 Å². The van der Waals surface area contributed by atoms with Crippen molar-refractivity contribution in [3.63, 3.8) is 0 Å². The molecule has 240 valence electrons. The molecule has 6 atom stereocenters. The quantitative estimate of drug-likeness (QED) is 0.383. The number of esters is 2. The number of hydrogen-bond donors (Lipinski definition) is 0. The Balaban J connectivity index is 1.21. The number of piperidine rings is 3. The first-order valence-electron chi connectivity index (χ1n) is 17.5. The molecule has 2 saturated carbocycles. The number of fused-ring (bicyclic) bond motifs is 5. The van der Waals surface area contributed by atoms with Gasteiger partial charge in [-0.3, -0.25) is 19.4 Å². The number of benzene rings is 1. The maximum absolute atomic E-state index is 12.8. The van der Waals surface area contributed by atoms with E-state index in [9.17, 15) is 9.59 Å². The Hall–Kier alpha value is -2.58. The highest BCUT2D eigenvalue weighted by molar-refractivity contribution is 5.88. The summed E-state index contributed by atoms with van der Waals surface area (Å²) in [5, 5.41) is 0. The van der Waals surface area contributed by atoms with Crippen molar-refractivity contribution < 1.29 is 19.1 Å². The summed E-state index contributed by atoms with van der Waals surface area (Å²) >= 11 is 0. The summed E-state index contributed by atoms with van der Waals surface area (Å²) in [4.78, 5) is 35.2. The summed E-state index contributed by atoms with van der Waals surface area (Å²) in [6.07, 6.45) is 18.3. The van der Waals surface area contributed by atoms with Crippen LogP contribution in [0.2, 0.25) is 0 Å². The lowest BCUT2D eigenvalue weighted by Crippen LogP contribution is -2.61. The Bertz CT molecular complexity index is 1220. The van der Waals surface area contributed by atoms with Crippen LogP contribution < -0.4 is 9.80 Å². The molecular formula is C36H52N4O4. The van der Waals surface area contributed by atoms with Crippen LogP contribution in [0.25, 0.3) is 0 Å². The van der Waals surface area contributed by atoms with Gasteiger partial charge in [0.05, 0.1) is 32.1 Å². The molecule has 8 nitrogen and oxygen atoms in total. The zero-order valence-electron chi connectivity index (χ0n) is 26.9. The molecule has 0 radical (unpaired) electrons. The molecule has 0 N–H and O–H groups in total. The number of carbonyl (C=O) groups is 2. The average molecular weight is 605 g/mol. The van der Waals surface area contributed by atoms with Gasteiger partial charge in [0.2, 0.25) is 0 Å². The van der Waals surface area contributed by atoms with Gasteiger partial charge >= 0.3 is 11.9 Å². The van der Waals surface area contributed by atoms with Gasteiger partial charge in [-0.25, -0.2) is 0 Å². The van der Waals surface area contributed by atoms with E-state index in [1.54, 1.807) is 0 Å². The van der Waals surface area contributed by atoms with E-state index < -0.39 is 0 Å². The third kappa shape index (κ3) is 5.89. The molecular weight excluding hydrogens is 552 g/mol. The lowest BCUT2D eigenvalue weighted by Gasteiger charge is -2.56. The summed E-state index contributed by atoms with van der Waals surface area (Å²) in [7, 11) is 2.94. The van der Waals surface area contributed by atoms with Crippen LogP contribution in [0.3, 0.4) is 0 Å². The Morgan fingerprint density at radius 3 is 2.07 bits per heavy atom. The number of para-hydroxylation sites is 2. The predicted octanol–water partition coefficient (Wildman–Crippen LogP) is 5.71. The minimum absolute atomic E-state index is 0.191. The minimum atomic E-state index is -0.229. The highest BCUT2D eigenvalue weighted by Crippen LogP contribution is 2.50. The molecule has 1 aromatic rings. The van der Waals surface area contributed by atoms with Gasteiger partial charge in [0, 0.05) is 30.7 Å². The summed E-state index contributed by atoms with van der Waals surface area (Å²) < 4.78 is 10.2. The molecule has 0 amide bonds. The molecule has 0 aromatic heterocycles. The molecule has 0 spiro atoms. The zero-order valence-corrected chi connectivity index (χ0v) is 26.9.